The van der Waals surface area contributed by atoms with E-state index in [0.717, 1.165) is 23.6 Å². The van der Waals surface area contributed by atoms with Crippen LogP contribution in [-0.4, -0.2) is 9.78 Å². The predicted molar refractivity (Wildman–Crippen MR) is 73.0 cm³/mol. The minimum Gasteiger partial charge on any atom is -0.437 e. The van der Waals surface area contributed by atoms with Gasteiger partial charge < -0.3 is 10.5 Å². The van der Waals surface area contributed by atoms with Gasteiger partial charge >= 0.3 is 0 Å². The zero-order valence-corrected chi connectivity index (χ0v) is 11.3. The maximum Gasteiger partial charge on any atom is 0.241 e. The minimum atomic E-state index is 0.608. The van der Waals surface area contributed by atoms with Gasteiger partial charge in [0.05, 0.1) is 5.69 Å². The molecule has 0 aliphatic heterocycles. The Morgan fingerprint density at radius 2 is 2.00 bits per heavy atom. The Morgan fingerprint density at radius 1 is 1.28 bits per heavy atom. The molecule has 0 amide bonds. The number of aryl methyl sites for hydroxylation is 4. The number of rotatable bonds is 3. The molecule has 0 atom stereocenters. The van der Waals surface area contributed by atoms with E-state index in [4.69, 9.17) is 10.5 Å². The van der Waals surface area contributed by atoms with Crippen molar-refractivity contribution in [3.05, 3.63) is 35.0 Å². The lowest BCUT2D eigenvalue weighted by molar-refractivity contribution is 0.416. The van der Waals surface area contributed by atoms with Crippen molar-refractivity contribution in [3.63, 3.8) is 0 Å². The van der Waals surface area contributed by atoms with Crippen LogP contribution in [0.15, 0.2) is 18.2 Å². The van der Waals surface area contributed by atoms with E-state index in [1.54, 1.807) is 4.68 Å². The monoisotopic (exact) mass is 245 g/mol. The van der Waals surface area contributed by atoms with Crippen LogP contribution in [0.1, 0.15) is 23.7 Å². The van der Waals surface area contributed by atoms with Crippen LogP contribution < -0.4 is 10.5 Å². The van der Waals surface area contributed by atoms with Gasteiger partial charge in [-0.15, -0.1) is 0 Å². The first kappa shape index (κ1) is 12.5. The van der Waals surface area contributed by atoms with Gasteiger partial charge in [0.1, 0.15) is 11.4 Å². The molecule has 2 rings (SSSR count). The Hall–Kier alpha value is -1.97. The van der Waals surface area contributed by atoms with Crippen molar-refractivity contribution in [2.75, 3.05) is 5.73 Å². The van der Waals surface area contributed by atoms with Crippen LogP contribution in [0.3, 0.4) is 0 Å². The smallest absolute Gasteiger partial charge is 0.241 e. The van der Waals surface area contributed by atoms with Gasteiger partial charge in [-0.3, -0.25) is 0 Å². The third-order valence-corrected chi connectivity index (χ3v) is 2.96. The molecule has 18 heavy (non-hydrogen) atoms. The molecule has 2 N–H and O–H groups in total. The van der Waals surface area contributed by atoms with Crippen LogP contribution >= 0.6 is 0 Å². The van der Waals surface area contributed by atoms with Crippen LogP contribution in [-0.2, 0) is 6.54 Å². The summed E-state index contributed by atoms with van der Waals surface area (Å²) in [7, 11) is 0. The summed E-state index contributed by atoms with van der Waals surface area (Å²) < 4.78 is 7.69. The van der Waals surface area contributed by atoms with Crippen molar-refractivity contribution in [2.24, 2.45) is 0 Å². The number of nitrogens with zero attached hydrogens (tertiary/aromatic N) is 2. The summed E-state index contributed by atoms with van der Waals surface area (Å²) in [4.78, 5) is 0. The van der Waals surface area contributed by atoms with E-state index < -0.39 is 0 Å². The second kappa shape index (κ2) is 4.72. The first-order chi connectivity index (χ1) is 8.52. The summed E-state index contributed by atoms with van der Waals surface area (Å²) in [6.45, 7) is 8.72. The fourth-order valence-electron chi connectivity index (χ4n) is 1.91. The average Bonchev–Trinajstić information content (AvgIpc) is 2.60. The normalized spacial score (nSPS) is 10.7. The molecule has 4 nitrogen and oxygen atoms in total. The lowest BCUT2D eigenvalue weighted by Crippen LogP contribution is -2.01. The molecule has 4 heteroatoms. The Bertz CT molecular complexity index is 573. The predicted octanol–water partition coefficient (Wildman–Crippen LogP) is 3.20. The fourth-order valence-corrected chi connectivity index (χ4v) is 1.91. The number of nitrogens with two attached hydrogens (primary N) is 1. The molecule has 0 radical (unpaired) electrons. The summed E-state index contributed by atoms with van der Waals surface area (Å²) >= 11 is 0. The zero-order chi connectivity index (χ0) is 13.3. The van der Waals surface area contributed by atoms with Crippen molar-refractivity contribution < 1.29 is 4.74 Å². The van der Waals surface area contributed by atoms with E-state index in [2.05, 4.69) is 18.1 Å². The van der Waals surface area contributed by atoms with Gasteiger partial charge in [-0.1, -0.05) is 17.7 Å². The molecule has 0 fully saturated rings. The van der Waals surface area contributed by atoms with Gasteiger partial charge in [-0.2, -0.15) is 5.10 Å². The number of aromatic nitrogens is 2. The van der Waals surface area contributed by atoms with Gasteiger partial charge in [0.2, 0.25) is 5.88 Å². The van der Waals surface area contributed by atoms with Crippen LogP contribution in [0.5, 0.6) is 11.6 Å². The summed E-state index contributed by atoms with van der Waals surface area (Å²) in [5.41, 5.74) is 9.72. The lowest BCUT2D eigenvalue weighted by Gasteiger charge is -2.11. The first-order valence-electron chi connectivity index (χ1n) is 6.11. The number of ether oxygens (including phenoxy) is 1. The van der Waals surface area contributed by atoms with Crippen LogP contribution in [0.2, 0.25) is 0 Å². The highest BCUT2D eigenvalue weighted by atomic mass is 16.5. The van der Waals surface area contributed by atoms with E-state index in [1.807, 2.05) is 32.9 Å². The van der Waals surface area contributed by atoms with Crippen molar-refractivity contribution in [2.45, 2.75) is 34.2 Å². The van der Waals surface area contributed by atoms with E-state index in [-0.39, 0.29) is 0 Å². The highest BCUT2D eigenvalue weighted by Gasteiger charge is 2.14. The summed E-state index contributed by atoms with van der Waals surface area (Å²) in [6.07, 6.45) is 0. The molecule has 96 valence electrons. The molecule has 1 aromatic heterocycles. The number of benzene rings is 1. The SMILES string of the molecule is CCn1nc(C)c(N)c1Oc1ccc(C)cc1C. The summed E-state index contributed by atoms with van der Waals surface area (Å²) in [6, 6.07) is 6.08. The highest BCUT2D eigenvalue weighted by molar-refractivity contribution is 5.54. The van der Waals surface area contributed by atoms with E-state index in [0.29, 0.717) is 11.6 Å². The third-order valence-electron chi connectivity index (χ3n) is 2.96. The number of hydrogen-bond acceptors (Lipinski definition) is 3. The van der Waals surface area contributed by atoms with Gasteiger partial charge in [-0.25, -0.2) is 4.68 Å². The van der Waals surface area contributed by atoms with Crippen LogP contribution in [0.4, 0.5) is 5.69 Å². The molecular formula is C14H19N3O. The van der Waals surface area contributed by atoms with Crippen LogP contribution in [0.25, 0.3) is 0 Å². The third kappa shape index (κ3) is 2.18. The Labute approximate surface area is 107 Å². The van der Waals surface area contributed by atoms with Gasteiger partial charge in [0.15, 0.2) is 0 Å². The number of nitrogen functional groups attached to an aromatic ring is 1. The number of anilines is 1. The minimum absolute atomic E-state index is 0.608. The molecule has 2 aromatic rings. The maximum atomic E-state index is 6.00. The quantitative estimate of drug-likeness (QED) is 0.903. The second-order valence-electron chi connectivity index (χ2n) is 4.49. The fraction of sp³-hybridized carbons (Fsp3) is 0.357. The molecule has 0 aliphatic rings. The van der Waals surface area contributed by atoms with E-state index >= 15 is 0 Å². The van der Waals surface area contributed by atoms with Crippen LogP contribution in [0, 0.1) is 20.8 Å². The molecule has 1 heterocycles. The van der Waals surface area contributed by atoms with Gasteiger partial charge in [-0.05, 0) is 39.3 Å². The lowest BCUT2D eigenvalue weighted by atomic mass is 10.1. The van der Waals surface area contributed by atoms with Crippen molar-refractivity contribution >= 4 is 5.69 Å². The van der Waals surface area contributed by atoms with Crippen molar-refractivity contribution in [1.29, 1.82) is 0 Å². The molecule has 0 spiro atoms. The molecule has 0 bridgehead atoms. The molecule has 0 saturated heterocycles. The summed E-state index contributed by atoms with van der Waals surface area (Å²) in [5.74, 6) is 1.45. The highest BCUT2D eigenvalue weighted by Crippen LogP contribution is 2.31. The number of hydrogen-bond donors (Lipinski definition) is 1. The largest absolute Gasteiger partial charge is 0.437 e. The molecule has 0 unspecified atom stereocenters. The Morgan fingerprint density at radius 3 is 2.61 bits per heavy atom. The van der Waals surface area contributed by atoms with Gasteiger partial charge in [0.25, 0.3) is 0 Å². The first-order valence-corrected chi connectivity index (χ1v) is 6.11. The van der Waals surface area contributed by atoms with E-state index in [9.17, 15) is 0 Å². The average molecular weight is 245 g/mol. The Balaban J connectivity index is 2.39. The molecular weight excluding hydrogens is 226 g/mol. The summed E-state index contributed by atoms with van der Waals surface area (Å²) in [5, 5.41) is 4.34. The van der Waals surface area contributed by atoms with Gasteiger partial charge in [0, 0.05) is 6.54 Å². The standard InChI is InChI=1S/C14H19N3O/c1-5-17-14(13(15)11(4)16-17)18-12-7-6-9(2)8-10(12)3/h6-8H,5,15H2,1-4H3. The molecule has 0 saturated carbocycles. The topological polar surface area (TPSA) is 53.1 Å². The van der Waals surface area contributed by atoms with E-state index in [1.165, 1.54) is 5.56 Å². The second-order valence-corrected chi connectivity index (χ2v) is 4.49. The molecule has 1 aromatic carbocycles. The maximum absolute atomic E-state index is 6.00. The zero-order valence-electron chi connectivity index (χ0n) is 11.3. The Kier molecular flexibility index (Phi) is 3.28. The van der Waals surface area contributed by atoms with Crippen molar-refractivity contribution in [3.8, 4) is 11.6 Å². The van der Waals surface area contributed by atoms with Crippen molar-refractivity contribution in [1.82, 2.24) is 9.78 Å². The molecule has 0 aliphatic carbocycles.